The van der Waals surface area contributed by atoms with E-state index < -0.39 is 5.97 Å². The Hall–Kier alpha value is -1.98. The molecule has 0 aromatic heterocycles. The van der Waals surface area contributed by atoms with Crippen LogP contribution in [0, 0.1) is 0 Å². The average molecular weight is 226 g/mol. The molecule has 16 heavy (non-hydrogen) atoms. The standard InChI is InChI=1S/C10H14N2O4/c1-14-7-8(10(13)15-2)12-6-4-5-9(12)11-16-3/h4,6-7H,5H2,1-3H3/b8-7-,11-9?. The van der Waals surface area contributed by atoms with Gasteiger partial charge in [0.25, 0.3) is 0 Å². The maximum absolute atomic E-state index is 11.5. The maximum Gasteiger partial charge on any atom is 0.358 e. The summed E-state index contributed by atoms with van der Waals surface area (Å²) in [6.07, 6.45) is 5.45. The fourth-order valence-corrected chi connectivity index (χ4v) is 1.27. The summed E-state index contributed by atoms with van der Waals surface area (Å²) in [5, 5.41) is 3.80. The van der Waals surface area contributed by atoms with Gasteiger partial charge in [0, 0.05) is 12.6 Å². The third-order valence-electron chi connectivity index (χ3n) is 1.91. The van der Waals surface area contributed by atoms with E-state index in [9.17, 15) is 4.79 Å². The summed E-state index contributed by atoms with van der Waals surface area (Å²) in [5.41, 5.74) is 0.245. The number of ether oxygens (including phenoxy) is 2. The van der Waals surface area contributed by atoms with Crippen LogP contribution in [-0.4, -0.2) is 38.0 Å². The number of carbonyl (C=O) groups is 1. The topological polar surface area (TPSA) is 60.4 Å². The summed E-state index contributed by atoms with van der Waals surface area (Å²) in [4.78, 5) is 17.7. The lowest BCUT2D eigenvalue weighted by Crippen LogP contribution is -2.27. The van der Waals surface area contributed by atoms with Crippen molar-refractivity contribution < 1.29 is 19.1 Å². The molecule has 0 saturated carbocycles. The molecule has 0 fully saturated rings. The number of nitrogens with zero attached hydrogens (tertiary/aromatic N) is 2. The minimum absolute atomic E-state index is 0.245. The third kappa shape index (κ3) is 2.53. The van der Waals surface area contributed by atoms with Crippen molar-refractivity contribution in [3.05, 3.63) is 24.2 Å². The van der Waals surface area contributed by atoms with Gasteiger partial charge in [0.05, 0.1) is 14.2 Å². The van der Waals surface area contributed by atoms with Gasteiger partial charge in [0.2, 0.25) is 0 Å². The molecule has 0 amide bonds. The molecule has 0 aromatic carbocycles. The molecule has 0 radical (unpaired) electrons. The summed E-state index contributed by atoms with van der Waals surface area (Å²) in [5.74, 6) is 0.0911. The van der Waals surface area contributed by atoms with Crippen LogP contribution in [0.5, 0.6) is 0 Å². The first-order valence-electron chi connectivity index (χ1n) is 4.61. The van der Waals surface area contributed by atoms with E-state index in [1.165, 1.54) is 27.6 Å². The summed E-state index contributed by atoms with van der Waals surface area (Å²) in [6.45, 7) is 0. The highest BCUT2D eigenvalue weighted by Gasteiger charge is 2.24. The number of esters is 1. The fraction of sp³-hybridized carbons (Fsp3) is 0.400. The molecule has 1 aliphatic heterocycles. The van der Waals surface area contributed by atoms with Crippen molar-refractivity contribution in [1.29, 1.82) is 0 Å². The number of hydrogen-bond acceptors (Lipinski definition) is 5. The van der Waals surface area contributed by atoms with E-state index in [-0.39, 0.29) is 5.70 Å². The summed E-state index contributed by atoms with van der Waals surface area (Å²) >= 11 is 0. The molecule has 0 atom stereocenters. The van der Waals surface area contributed by atoms with Gasteiger partial charge >= 0.3 is 5.97 Å². The number of amidine groups is 1. The predicted molar refractivity (Wildman–Crippen MR) is 57.1 cm³/mol. The van der Waals surface area contributed by atoms with Crippen LogP contribution in [0.4, 0.5) is 0 Å². The Kier molecular flexibility index (Phi) is 4.38. The van der Waals surface area contributed by atoms with E-state index in [0.29, 0.717) is 12.3 Å². The zero-order chi connectivity index (χ0) is 12.0. The van der Waals surface area contributed by atoms with Crippen molar-refractivity contribution >= 4 is 11.8 Å². The van der Waals surface area contributed by atoms with Crippen LogP contribution in [0.15, 0.2) is 29.4 Å². The van der Waals surface area contributed by atoms with Crippen molar-refractivity contribution in [3.63, 3.8) is 0 Å². The molecule has 6 nitrogen and oxygen atoms in total. The van der Waals surface area contributed by atoms with Gasteiger partial charge in [-0.2, -0.15) is 0 Å². The predicted octanol–water partition coefficient (Wildman–Crippen LogP) is 0.827. The Morgan fingerprint density at radius 2 is 2.25 bits per heavy atom. The van der Waals surface area contributed by atoms with Crippen LogP contribution < -0.4 is 0 Å². The highest BCUT2D eigenvalue weighted by atomic mass is 16.6. The van der Waals surface area contributed by atoms with Crippen LogP contribution in [0.25, 0.3) is 0 Å². The van der Waals surface area contributed by atoms with E-state index in [4.69, 9.17) is 4.74 Å². The van der Waals surface area contributed by atoms with Gasteiger partial charge in [0.1, 0.15) is 13.4 Å². The zero-order valence-corrected chi connectivity index (χ0v) is 9.47. The first-order chi connectivity index (χ1) is 7.74. The molecule has 0 saturated heterocycles. The Labute approximate surface area is 93.8 Å². The number of rotatable bonds is 4. The van der Waals surface area contributed by atoms with E-state index >= 15 is 0 Å². The molecule has 1 rings (SSSR count). The summed E-state index contributed by atoms with van der Waals surface area (Å²) < 4.78 is 9.48. The molecule has 0 aliphatic carbocycles. The molecule has 0 unspecified atom stereocenters. The van der Waals surface area contributed by atoms with Crippen LogP contribution >= 0.6 is 0 Å². The molecule has 88 valence electrons. The minimum Gasteiger partial charge on any atom is -0.502 e. The van der Waals surface area contributed by atoms with E-state index in [1.807, 2.05) is 6.08 Å². The Bertz CT molecular complexity index is 347. The maximum atomic E-state index is 11.5. The lowest BCUT2D eigenvalue weighted by molar-refractivity contribution is -0.137. The molecule has 6 heteroatoms. The first kappa shape index (κ1) is 12.1. The van der Waals surface area contributed by atoms with Crippen LogP contribution in [-0.2, 0) is 19.1 Å². The molecule has 0 bridgehead atoms. The van der Waals surface area contributed by atoms with Crippen molar-refractivity contribution in [1.82, 2.24) is 4.90 Å². The summed E-state index contributed by atoms with van der Waals surface area (Å²) in [7, 11) is 4.20. The van der Waals surface area contributed by atoms with Crippen LogP contribution in [0.1, 0.15) is 6.42 Å². The number of oxime groups is 1. The van der Waals surface area contributed by atoms with E-state index in [0.717, 1.165) is 0 Å². The normalized spacial score (nSPS) is 17.8. The van der Waals surface area contributed by atoms with Gasteiger partial charge in [-0.3, -0.25) is 4.90 Å². The Morgan fingerprint density at radius 1 is 1.50 bits per heavy atom. The minimum atomic E-state index is -0.503. The third-order valence-corrected chi connectivity index (χ3v) is 1.91. The number of methoxy groups -OCH3 is 2. The molecule has 0 spiro atoms. The Morgan fingerprint density at radius 3 is 2.81 bits per heavy atom. The van der Waals surface area contributed by atoms with Gasteiger partial charge in [0.15, 0.2) is 11.5 Å². The second kappa shape index (κ2) is 5.79. The Balaban J connectivity index is 2.95. The zero-order valence-electron chi connectivity index (χ0n) is 9.47. The van der Waals surface area contributed by atoms with Gasteiger partial charge in [-0.05, 0) is 0 Å². The van der Waals surface area contributed by atoms with Crippen LogP contribution in [0.2, 0.25) is 0 Å². The molecular weight excluding hydrogens is 212 g/mol. The smallest absolute Gasteiger partial charge is 0.358 e. The van der Waals surface area contributed by atoms with Crippen molar-refractivity contribution in [3.8, 4) is 0 Å². The molecule has 0 aromatic rings. The lowest BCUT2D eigenvalue weighted by Gasteiger charge is -2.17. The largest absolute Gasteiger partial charge is 0.502 e. The van der Waals surface area contributed by atoms with Crippen molar-refractivity contribution in [2.45, 2.75) is 6.42 Å². The van der Waals surface area contributed by atoms with Gasteiger partial charge in [-0.1, -0.05) is 11.2 Å². The van der Waals surface area contributed by atoms with E-state index in [2.05, 4.69) is 14.7 Å². The first-order valence-corrected chi connectivity index (χ1v) is 4.61. The summed E-state index contributed by atoms with van der Waals surface area (Å²) in [6, 6.07) is 0. The highest BCUT2D eigenvalue weighted by molar-refractivity contribution is 5.97. The van der Waals surface area contributed by atoms with Crippen molar-refractivity contribution in [2.24, 2.45) is 5.16 Å². The van der Waals surface area contributed by atoms with Gasteiger partial charge in [-0.15, -0.1) is 0 Å². The SMILES string of the molecule is CO/C=C(/C(=O)OC)N1C=CCC1=NOC. The monoisotopic (exact) mass is 226 g/mol. The number of hydrogen-bond donors (Lipinski definition) is 0. The molecule has 1 aliphatic rings. The van der Waals surface area contributed by atoms with E-state index in [1.54, 1.807) is 11.1 Å². The molecule has 0 N–H and O–H groups in total. The average Bonchev–Trinajstić information content (AvgIpc) is 2.73. The quantitative estimate of drug-likeness (QED) is 0.307. The second-order valence-corrected chi connectivity index (χ2v) is 2.88. The van der Waals surface area contributed by atoms with Crippen LogP contribution in [0.3, 0.4) is 0 Å². The van der Waals surface area contributed by atoms with Crippen molar-refractivity contribution in [2.75, 3.05) is 21.3 Å². The highest BCUT2D eigenvalue weighted by Crippen LogP contribution is 2.17. The lowest BCUT2D eigenvalue weighted by atomic mass is 10.4. The molecular formula is C10H14N2O4. The molecule has 1 heterocycles. The van der Waals surface area contributed by atoms with Gasteiger partial charge in [-0.25, -0.2) is 4.79 Å². The van der Waals surface area contributed by atoms with Gasteiger partial charge < -0.3 is 14.3 Å². The number of carbonyl (C=O) groups excluding carboxylic acids is 1. The fourth-order valence-electron chi connectivity index (χ4n) is 1.27. The second-order valence-electron chi connectivity index (χ2n) is 2.88.